The molecule has 2 aromatic rings. The fourth-order valence-electron chi connectivity index (χ4n) is 1.21. The summed E-state index contributed by atoms with van der Waals surface area (Å²) in [5, 5.41) is 14.0. The van der Waals surface area contributed by atoms with Crippen LogP contribution in [0.3, 0.4) is 0 Å². The van der Waals surface area contributed by atoms with E-state index in [0.717, 1.165) is 0 Å². The number of rotatable bonds is 4. The fourth-order valence-corrected chi connectivity index (χ4v) is 1.21. The molecule has 7 nitrogen and oxygen atoms in total. The lowest BCUT2D eigenvalue weighted by molar-refractivity contribution is -0.384. The Morgan fingerprint density at radius 2 is 2.12 bits per heavy atom. The molecule has 0 atom stereocenters. The Kier molecular flexibility index (Phi) is 2.99. The molecular formula is C10H9N3O4. The van der Waals surface area contributed by atoms with E-state index in [4.69, 9.17) is 9.26 Å². The van der Waals surface area contributed by atoms with E-state index in [1.54, 1.807) is 6.92 Å². The molecule has 0 aliphatic carbocycles. The fraction of sp³-hybridized carbons (Fsp3) is 0.200. The smallest absolute Gasteiger partial charge is 0.269 e. The van der Waals surface area contributed by atoms with Gasteiger partial charge in [0.1, 0.15) is 5.75 Å². The van der Waals surface area contributed by atoms with Gasteiger partial charge in [0.25, 0.3) is 11.6 Å². The minimum Gasteiger partial charge on any atom is -0.484 e. The normalized spacial score (nSPS) is 10.2. The number of nitrogens with zero attached hydrogens (tertiary/aromatic N) is 3. The van der Waals surface area contributed by atoms with Crippen molar-refractivity contribution in [2.75, 3.05) is 0 Å². The number of aryl methyl sites for hydroxylation is 1. The summed E-state index contributed by atoms with van der Waals surface area (Å²) in [6.07, 6.45) is 0. The Labute approximate surface area is 96.2 Å². The van der Waals surface area contributed by atoms with E-state index in [9.17, 15) is 10.1 Å². The molecule has 1 aromatic heterocycles. The highest BCUT2D eigenvalue weighted by atomic mass is 16.6. The number of nitro groups is 1. The van der Waals surface area contributed by atoms with Crippen LogP contribution in [-0.2, 0) is 6.61 Å². The zero-order valence-electron chi connectivity index (χ0n) is 8.99. The highest BCUT2D eigenvalue weighted by Crippen LogP contribution is 2.18. The maximum atomic E-state index is 10.4. The van der Waals surface area contributed by atoms with Gasteiger partial charge in [0.05, 0.1) is 4.92 Å². The van der Waals surface area contributed by atoms with Crippen molar-refractivity contribution in [3.8, 4) is 5.75 Å². The van der Waals surface area contributed by atoms with Crippen LogP contribution in [0.2, 0.25) is 0 Å². The molecule has 0 aliphatic heterocycles. The third-order valence-corrected chi connectivity index (χ3v) is 1.98. The molecule has 0 amide bonds. The van der Waals surface area contributed by atoms with Crippen LogP contribution in [-0.4, -0.2) is 15.1 Å². The van der Waals surface area contributed by atoms with Crippen LogP contribution in [0.5, 0.6) is 5.75 Å². The predicted octanol–water partition coefficient (Wildman–Crippen LogP) is 1.87. The van der Waals surface area contributed by atoms with E-state index in [2.05, 4.69) is 10.1 Å². The van der Waals surface area contributed by atoms with Gasteiger partial charge >= 0.3 is 0 Å². The molecule has 88 valence electrons. The molecular weight excluding hydrogens is 226 g/mol. The lowest BCUT2D eigenvalue weighted by Crippen LogP contribution is -1.96. The van der Waals surface area contributed by atoms with Crippen LogP contribution in [0.15, 0.2) is 28.8 Å². The first-order chi connectivity index (χ1) is 8.15. The number of hydrogen-bond acceptors (Lipinski definition) is 6. The molecule has 0 N–H and O–H groups in total. The average molecular weight is 235 g/mol. The molecule has 7 heteroatoms. The van der Waals surface area contributed by atoms with E-state index in [1.165, 1.54) is 24.3 Å². The van der Waals surface area contributed by atoms with Crippen molar-refractivity contribution in [2.24, 2.45) is 0 Å². The second-order valence-corrected chi connectivity index (χ2v) is 3.28. The topological polar surface area (TPSA) is 91.3 Å². The summed E-state index contributed by atoms with van der Waals surface area (Å²) in [7, 11) is 0. The van der Waals surface area contributed by atoms with Gasteiger partial charge in [0.2, 0.25) is 0 Å². The van der Waals surface area contributed by atoms with Gasteiger partial charge in [-0.2, -0.15) is 4.98 Å². The van der Waals surface area contributed by atoms with Gasteiger partial charge in [-0.15, -0.1) is 0 Å². The van der Waals surface area contributed by atoms with Crippen molar-refractivity contribution in [1.82, 2.24) is 10.1 Å². The molecule has 0 aliphatic rings. The molecule has 0 radical (unpaired) electrons. The van der Waals surface area contributed by atoms with E-state index in [-0.39, 0.29) is 12.3 Å². The second-order valence-electron chi connectivity index (χ2n) is 3.28. The number of hydrogen-bond donors (Lipinski definition) is 0. The maximum Gasteiger partial charge on any atom is 0.269 e. The molecule has 1 heterocycles. The van der Waals surface area contributed by atoms with E-state index >= 15 is 0 Å². The van der Waals surface area contributed by atoms with Crippen molar-refractivity contribution in [3.63, 3.8) is 0 Å². The molecule has 17 heavy (non-hydrogen) atoms. The van der Waals surface area contributed by atoms with Gasteiger partial charge in [0.15, 0.2) is 12.4 Å². The third kappa shape index (κ3) is 2.77. The Morgan fingerprint density at radius 3 is 2.65 bits per heavy atom. The van der Waals surface area contributed by atoms with Crippen LogP contribution in [0.1, 0.15) is 11.7 Å². The van der Waals surface area contributed by atoms with E-state index in [0.29, 0.717) is 17.5 Å². The number of aromatic nitrogens is 2. The largest absolute Gasteiger partial charge is 0.484 e. The Balaban J connectivity index is 1.97. The van der Waals surface area contributed by atoms with Crippen LogP contribution >= 0.6 is 0 Å². The number of ether oxygens (including phenoxy) is 1. The summed E-state index contributed by atoms with van der Waals surface area (Å²) in [5.41, 5.74) is 0.0194. The molecule has 0 fully saturated rings. The molecule has 1 aromatic carbocycles. The first kappa shape index (κ1) is 11.1. The monoisotopic (exact) mass is 235 g/mol. The van der Waals surface area contributed by atoms with Crippen LogP contribution in [0.25, 0.3) is 0 Å². The number of non-ortho nitro benzene ring substituents is 1. The lowest BCUT2D eigenvalue weighted by Gasteiger charge is -2.01. The number of nitro benzene ring substituents is 1. The number of benzene rings is 1. The van der Waals surface area contributed by atoms with Crippen molar-refractivity contribution in [2.45, 2.75) is 13.5 Å². The summed E-state index contributed by atoms with van der Waals surface area (Å²) >= 11 is 0. The standard InChI is InChI=1S/C10H9N3O4/c1-7-11-10(17-12-7)6-16-9-4-2-8(3-5-9)13(14)15/h2-5H,6H2,1H3. The zero-order chi connectivity index (χ0) is 12.3. The van der Waals surface area contributed by atoms with Gasteiger partial charge in [-0.25, -0.2) is 0 Å². The molecule has 2 rings (SSSR count). The van der Waals surface area contributed by atoms with Gasteiger partial charge in [0, 0.05) is 12.1 Å². The van der Waals surface area contributed by atoms with Crippen LogP contribution < -0.4 is 4.74 Å². The van der Waals surface area contributed by atoms with Gasteiger partial charge < -0.3 is 9.26 Å². The highest BCUT2D eigenvalue weighted by molar-refractivity contribution is 5.35. The van der Waals surface area contributed by atoms with Gasteiger partial charge in [-0.1, -0.05) is 5.16 Å². The molecule has 0 saturated carbocycles. The molecule has 0 saturated heterocycles. The van der Waals surface area contributed by atoms with Gasteiger partial charge in [-0.05, 0) is 19.1 Å². The second kappa shape index (κ2) is 4.60. The van der Waals surface area contributed by atoms with Crippen molar-refractivity contribution >= 4 is 5.69 Å². The summed E-state index contributed by atoms with van der Waals surface area (Å²) in [5.74, 6) is 1.40. The summed E-state index contributed by atoms with van der Waals surface area (Å²) in [6, 6.07) is 5.77. The molecule has 0 spiro atoms. The first-order valence-corrected chi connectivity index (χ1v) is 4.81. The molecule has 0 unspecified atom stereocenters. The van der Waals surface area contributed by atoms with Crippen molar-refractivity contribution in [1.29, 1.82) is 0 Å². The lowest BCUT2D eigenvalue weighted by atomic mass is 10.3. The predicted molar refractivity (Wildman–Crippen MR) is 56.5 cm³/mol. The minimum absolute atomic E-state index is 0.0194. The highest BCUT2D eigenvalue weighted by Gasteiger charge is 2.06. The Bertz CT molecular complexity index is 521. The summed E-state index contributed by atoms with van der Waals surface area (Å²) in [6.45, 7) is 1.84. The maximum absolute atomic E-state index is 10.4. The summed E-state index contributed by atoms with van der Waals surface area (Å²) < 4.78 is 10.2. The van der Waals surface area contributed by atoms with E-state index in [1.807, 2.05) is 0 Å². The molecule has 0 bridgehead atoms. The summed E-state index contributed by atoms with van der Waals surface area (Å²) in [4.78, 5) is 13.9. The van der Waals surface area contributed by atoms with Crippen LogP contribution in [0, 0.1) is 17.0 Å². The third-order valence-electron chi connectivity index (χ3n) is 1.98. The minimum atomic E-state index is -0.467. The van der Waals surface area contributed by atoms with Crippen molar-refractivity contribution in [3.05, 3.63) is 46.1 Å². The Hall–Kier alpha value is -2.44. The zero-order valence-corrected chi connectivity index (χ0v) is 8.99. The quantitative estimate of drug-likeness (QED) is 0.593. The Morgan fingerprint density at radius 1 is 1.41 bits per heavy atom. The van der Waals surface area contributed by atoms with Crippen molar-refractivity contribution < 1.29 is 14.2 Å². The first-order valence-electron chi connectivity index (χ1n) is 4.81. The van der Waals surface area contributed by atoms with Gasteiger partial charge in [-0.3, -0.25) is 10.1 Å². The van der Waals surface area contributed by atoms with E-state index < -0.39 is 4.92 Å². The average Bonchev–Trinajstić information content (AvgIpc) is 2.73. The SMILES string of the molecule is Cc1noc(COc2ccc([N+](=O)[O-])cc2)n1. The van der Waals surface area contributed by atoms with Crippen LogP contribution in [0.4, 0.5) is 5.69 Å².